The van der Waals surface area contributed by atoms with E-state index in [0.29, 0.717) is 17.5 Å². The van der Waals surface area contributed by atoms with Crippen molar-refractivity contribution in [2.75, 3.05) is 18.0 Å². The van der Waals surface area contributed by atoms with E-state index in [2.05, 4.69) is 18.7 Å². The maximum Gasteiger partial charge on any atom is 0.292 e. The van der Waals surface area contributed by atoms with Crippen LogP contribution in [0.15, 0.2) is 18.2 Å². The van der Waals surface area contributed by atoms with E-state index in [1.165, 1.54) is 0 Å². The van der Waals surface area contributed by atoms with Crippen LogP contribution in [0.25, 0.3) is 0 Å². The van der Waals surface area contributed by atoms with Gasteiger partial charge in [0.25, 0.3) is 5.69 Å². The summed E-state index contributed by atoms with van der Waals surface area (Å²) in [6, 6.07) is 5.27. The molecule has 0 atom stereocenters. The Morgan fingerprint density at radius 1 is 1.30 bits per heavy atom. The van der Waals surface area contributed by atoms with Crippen LogP contribution in [0.3, 0.4) is 0 Å². The van der Waals surface area contributed by atoms with Crippen LogP contribution in [0.4, 0.5) is 11.4 Å². The Morgan fingerprint density at radius 2 is 1.95 bits per heavy atom. The second-order valence-electron chi connectivity index (χ2n) is 4.93. The number of rotatable bonds is 8. The Labute approximate surface area is 125 Å². The zero-order valence-electron chi connectivity index (χ0n) is 12.4. The molecule has 1 aromatic rings. The number of halogens is 1. The molecule has 0 bridgehead atoms. The van der Waals surface area contributed by atoms with Crippen LogP contribution in [0.2, 0.25) is 0 Å². The van der Waals surface area contributed by atoms with Crippen LogP contribution < -0.4 is 4.90 Å². The molecule has 0 heterocycles. The molecule has 0 aliphatic carbocycles. The Morgan fingerprint density at radius 3 is 2.40 bits per heavy atom. The molecule has 4 nitrogen and oxygen atoms in total. The summed E-state index contributed by atoms with van der Waals surface area (Å²) in [6.07, 6.45) is 2.17. The summed E-state index contributed by atoms with van der Waals surface area (Å²) in [5, 5.41) is 11.3. The van der Waals surface area contributed by atoms with E-state index in [1.54, 1.807) is 6.07 Å². The van der Waals surface area contributed by atoms with Gasteiger partial charge < -0.3 is 4.90 Å². The fraction of sp³-hybridized carbons (Fsp3) is 0.600. The van der Waals surface area contributed by atoms with Gasteiger partial charge >= 0.3 is 0 Å². The number of anilines is 1. The van der Waals surface area contributed by atoms with Crippen molar-refractivity contribution in [1.82, 2.24) is 0 Å². The standard InChI is InChI=1S/C15H23ClN2O2/c1-4-12(5-2)11-17(6-3)14-8-7-13(10-16)9-15(14)18(19)20/h7-9,12H,4-6,10-11H2,1-3H3. The van der Waals surface area contributed by atoms with Gasteiger partial charge in [-0.3, -0.25) is 10.1 Å². The molecule has 1 aromatic carbocycles. The van der Waals surface area contributed by atoms with E-state index in [1.807, 2.05) is 19.1 Å². The molecule has 0 unspecified atom stereocenters. The number of benzene rings is 1. The third kappa shape index (κ3) is 4.10. The van der Waals surface area contributed by atoms with E-state index in [9.17, 15) is 10.1 Å². The topological polar surface area (TPSA) is 46.4 Å². The molecule has 0 fully saturated rings. The summed E-state index contributed by atoms with van der Waals surface area (Å²) < 4.78 is 0. The second-order valence-corrected chi connectivity index (χ2v) is 5.20. The van der Waals surface area contributed by atoms with Crippen LogP contribution in [0, 0.1) is 16.0 Å². The molecule has 0 radical (unpaired) electrons. The Hall–Kier alpha value is -1.29. The monoisotopic (exact) mass is 298 g/mol. The molecule has 0 aliphatic heterocycles. The maximum atomic E-state index is 11.3. The number of hydrogen-bond donors (Lipinski definition) is 0. The van der Waals surface area contributed by atoms with Crippen LogP contribution in [0.1, 0.15) is 39.2 Å². The summed E-state index contributed by atoms with van der Waals surface area (Å²) in [4.78, 5) is 13.0. The van der Waals surface area contributed by atoms with Crippen LogP contribution in [-0.2, 0) is 5.88 Å². The Balaban J connectivity index is 3.10. The molecule has 0 aliphatic rings. The third-order valence-corrected chi connectivity index (χ3v) is 4.06. The summed E-state index contributed by atoms with van der Waals surface area (Å²) in [6.45, 7) is 7.96. The van der Waals surface area contributed by atoms with Gasteiger partial charge in [0.15, 0.2) is 0 Å². The SMILES string of the molecule is CCC(CC)CN(CC)c1ccc(CCl)cc1[N+](=O)[O-]. The minimum absolute atomic E-state index is 0.149. The molecular formula is C15H23ClN2O2. The van der Waals surface area contributed by atoms with Gasteiger partial charge in [0, 0.05) is 25.0 Å². The highest BCUT2D eigenvalue weighted by Gasteiger charge is 2.20. The smallest absolute Gasteiger partial charge is 0.292 e. The van der Waals surface area contributed by atoms with Gasteiger partial charge in [0.05, 0.1) is 4.92 Å². The van der Waals surface area contributed by atoms with Gasteiger partial charge in [0.1, 0.15) is 5.69 Å². The van der Waals surface area contributed by atoms with Crippen molar-refractivity contribution in [2.24, 2.45) is 5.92 Å². The first-order valence-corrected chi connectivity index (χ1v) is 7.68. The van der Waals surface area contributed by atoms with E-state index in [0.717, 1.165) is 31.5 Å². The van der Waals surface area contributed by atoms with E-state index < -0.39 is 0 Å². The minimum Gasteiger partial charge on any atom is -0.366 e. The highest BCUT2D eigenvalue weighted by atomic mass is 35.5. The number of hydrogen-bond acceptors (Lipinski definition) is 3. The van der Waals surface area contributed by atoms with E-state index in [4.69, 9.17) is 11.6 Å². The maximum absolute atomic E-state index is 11.3. The predicted octanol–water partition coefficient (Wildman–Crippen LogP) is 4.60. The van der Waals surface area contributed by atoms with Crippen molar-refractivity contribution < 1.29 is 4.92 Å². The van der Waals surface area contributed by atoms with E-state index >= 15 is 0 Å². The first-order valence-electron chi connectivity index (χ1n) is 7.15. The zero-order valence-corrected chi connectivity index (χ0v) is 13.2. The number of nitrogens with zero attached hydrogens (tertiary/aromatic N) is 2. The lowest BCUT2D eigenvalue weighted by Gasteiger charge is -2.27. The summed E-state index contributed by atoms with van der Waals surface area (Å²) in [7, 11) is 0. The summed E-state index contributed by atoms with van der Waals surface area (Å²) >= 11 is 5.76. The molecule has 0 amide bonds. The van der Waals surface area contributed by atoms with Crippen molar-refractivity contribution >= 4 is 23.0 Å². The van der Waals surface area contributed by atoms with Crippen molar-refractivity contribution in [1.29, 1.82) is 0 Å². The van der Waals surface area contributed by atoms with Gasteiger partial charge in [-0.15, -0.1) is 11.6 Å². The highest BCUT2D eigenvalue weighted by molar-refractivity contribution is 6.17. The second kappa shape index (κ2) is 8.10. The first-order chi connectivity index (χ1) is 9.57. The molecule has 0 N–H and O–H groups in total. The Kier molecular flexibility index (Phi) is 6.79. The van der Waals surface area contributed by atoms with Gasteiger partial charge in [-0.2, -0.15) is 0 Å². The summed E-state index contributed by atoms with van der Waals surface area (Å²) in [5.41, 5.74) is 1.62. The van der Waals surface area contributed by atoms with Crippen molar-refractivity contribution in [3.63, 3.8) is 0 Å². The predicted molar refractivity (Wildman–Crippen MR) is 84.6 cm³/mol. The van der Waals surface area contributed by atoms with Gasteiger partial charge in [-0.1, -0.05) is 32.8 Å². The average molecular weight is 299 g/mol. The molecule has 1 rings (SSSR count). The normalized spacial score (nSPS) is 10.8. The number of nitro groups is 1. The molecule has 0 saturated carbocycles. The third-order valence-electron chi connectivity index (χ3n) is 3.75. The Bertz CT molecular complexity index is 447. The first kappa shape index (κ1) is 16.8. The van der Waals surface area contributed by atoms with Gasteiger partial charge in [-0.05, 0) is 24.5 Å². The van der Waals surface area contributed by atoms with Crippen molar-refractivity contribution in [3.05, 3.63) is 33.9 Å². The van der Waals surface area contributed by atoms with E-state index in [-0.39, 0.29) is 10.6 Å². The molecule has 20 heavy (non-hydrogen) atoms. The van der Waals surface area contributed by atoms with Crippen LogP contribution in [0.5, 0.6) is 0 Å². The minimum atomic E-state index is -0.319. The molecule has 0 aromatic heterocycles. The van der Waals surface area contributed by atoms with Gasteiger partial charge in [-0.25, -0.2) is 0 Å². The fourth-order valence-electron chi connectivity index (χ4n) is 2.32. The molecule has 0 saturated heterocycles. The zero-order chi connectivity index (χ0) is 15.1. The molecule has 0 spiro atoms. The quantitative estimate of drug-likeness (QED) is 0.400. The van der Waals surface area contributed by atoms with Crippen LogP contribution in [-0.4, -0.2) is 18.0 Å². The lowest BCUT2D eigenvalue weighted by Crippen LogP contribution is -2.29. The number of alkyl halides is 1. The number of nitro benzene ring substituents is 1. The van der Waals surface area contributed by atoms with Crippen LogP contribution >= 0.6 is 11.6 Å². The largest absolute Gasteiger partial charge is 0.366 e. The van der Waals surface area contributed by atoms with Crippen molar-refractivity contribution in [2.45, 2.75) is 39.5 Å². The lowest BCUT2D eigenvalue weighted by molar-refractivity contribution is -0.384. The molecule has 112 valence electrons. The van der Waals surface area contributed by atoms with Crippen molar-refractivity contribution in [3.8, 4) is 0 Å². The lowest BCUT2D eigenvalue weighted by atomic mass is 10.0. The fourth-order valence-corrected chi connectivity index (χ4v) is 2.49. The van der Waals surface area contributed by atoms with Gasteiger partial charge in [0.2, 0.25) is 0 Å². The highest BCUT2D eigenvalue weighted by Crippen LogP contribution is 2.30. The average Bonchev–Trinajstić information content (AvgIpc) is 2.48. The molecule has 5 heteroatoms. The summed E-state index contributed by atoms with van der Waals surface area (Å²) in [5.74, 6) is 0.849. The molecular weight excluding hydrogens is 276 g/mol.